The zero-order valence-electron chi connectivity index (χ0n) is 15.4. The number of fused-ring (bicyclic) bond motifs is 1. The number of hydrogen-bond acceptors (Lipinski definition) is 3. The minimum Gasteiger partial charge on any atom is -0.312 e. The Morgan fingerprint density at radius 3 is 2.63 bits per heavy atom. The van der Waals surface area contributed by atoms with Crippen molar-refractivity contribution >= 4 is 27.3 Å². The van der Waals surface area contributed by atoms with E-state index in [-0.39, 0.29) is 16.7 Å². The lowest BCUT2D eigenvalue weighted by molar-refractivity contribution is -0.124. The number of nitrogens with zero attached hydrogens (tertiary/aromatic N) is 1. The van der Waals surface area contributed by atoms with Crippen molar-refractivity contribution < 1.29 is 13.2 Å². The molecule has 27 heavy (non-hydrogen) atoms. The summed E-state index contributed by atoms with van der Waals surface area (Å²) in [6.45, 7) is 2.64. The van der Waals surface area contributed by atoms with Gasteiger partial charge >= 0.3 is 0 Å². The highest BCUT2D eigenvalue weighted by atomic mass is 32.2. The van der Waals surface area contributed by atoms with Crippen LogP contribution in [0, 0.1) is 12.8 Å². The van der Waals surface area contributed by atoms with Crippen molar-refractivity contribution in [2.24, 2.45) is 5.92 Å². The number of aryl methyl sites for hydroxylation is 2. The van der Waals surface area contributed by atoms with Crippen LogP contribution in [0.1, 0.15) is 36.8 Å². The van der Waals surface area contributed by atoms with Gasteiger partial charge < -0.3 is 4.90 Å². The maximum Gasteiger partial charge on any atom is 0.261 e. The molecule has 6 heteroatoms. The fourth-order valence-corrected chi connectivity index (χ4v) is 4.87. The smallest absolute Gasteiger partial charge is 0.261 e. The molecule has 1 saturated carbocycles. The van der Waals surface area contributed by atoms with Gasteiger partial charge in [-0.2, -0.15) is 0 Å². The number of rotatable bonds is 4. The molecule has 1 aliphatic carbocycles. The minimum atomic E-state index is -3.66. The largest absolute Gasteiger partial charge is 0.312 e. The molecule has 142 valence electrons. The maximum atomic E-state index is 12.8. The van der Waals surface area contributed by atoms with E-state index >= 15 is 0 Å². The molecule has 0 spiro atoms. The summed E-state index contributed by atoms with van der Waals surface area (Å²) in [6, 6.07) is 12.4. The predicted octanol–water partition coefficient (Wildman–Crippen LogP) is 3.88. The van der Waals surface area contributed by atoms with Gasteiger partial charge in [-0.15, -0.1) is 0 Å². The standard InChI is InChI=1S/C21H24N2O3S/c1-15-5-2-9-18(13-15)22-27(25,26)19-10-11-20-17(14-19)8-4-12-23(20)21(24)16-6-3-7-16/h2,5,9-11,13-14,16,22H,3-4,6-8,12H2,1H3. The van der Waals surface area contributed by atoms with Crippen LogP contribution in [0.15, 0.2) is 47.4 Å². The summed E-state index contributed by atoms with van der Waals surface area (Å²) in [5, 5.41) is 0. The van der Waals surface area contributed by atoms with Crippen molar-refractivity contribution in [2.45, 2.75) is 43.9 Å². The number of benzene rings is 2. The Balaban J connectivity index is 1.61. The lowest BCUT2D eigenvalue weighted by Gasteiger charge is -2.35. The van der Waals surface area contributed by atoms with E-state index in [1.165, 1.54) is 0 Å². The van der Waals surface area contributed by atoms with E-state index in [9.17, 15) is 13.2 Å². The summed E-state index contributed by atoms with van der Waals surface area (Å²) in [5.41, 5.74) is 3.34. The molecular formula is C21H24N2O3S. The van der Waals surface area contributed by atoms with E-state index in [2.05, 4.69) is 4.72 Å². The lowest BCUT2D eigenvalue weighted by Crippen LogP contribution is -2.41. The maximum absolute atomic E-state index is 12.8. The summed E-state index contributed by atoms with van der Waals surface area (Å²) in [4.78, 5) is 14.8. The fraction of sp³-hybridized carbons (Fsp3) is 0.381. The first-order chi connectivity index (χ1) is 12.9. The topological polar surface area (TPSA) is 66.5 Å². The van der Waals surface area contributed by atoms with Crippen molar-refractivity contribution in [3.8, 4) is 0 Å². The number of hydrogen-bond donors (Lipinski definition) is 1. The van der Waals surface area contributed by atoms with Crippen LogP contribution in [-0.2, 0) is 21.2 Å². The molecule has 5 nitrogen and oxygen atoms in total. The normalized spacial score (nSPS) is 17.1. The van der Waals surface area contributed by atoms with E-state index < -0.39 is 10.0 Å². The molecule has 1 amide bonds. The van der Waals surface area contributed by atoms with Crippen molar-refractivity contribution in [1.29, 1.82) is 0 Å². The van der Waals surface area contributed by atoms with Gasteiger partial charge in [-0.1, -0.05) is 18.6 Å². The monoisotopic (exact) mass is 384 g/mol. The van der Waals surface area contributed by atoms with Crippen LogP contribution < -0.4 is 9.62 Å². The molecule has 2 aromatic rings. The molecule has 0 radical (unpaired) electrons. The second kappa shape index (κ2) is 7.00. The highest BCUT2D eigenvalue weighted by Crippen LogP contribution is 2.35. The molecule has 0 saturated heterocycles. The van der Waals surface area contributed by atoms with Crippen LogP contribution in [0.5, 0.6) is 0 Å². The van der Waals surface area contributed by atoms with E-state index in [1.807, 2.05) is 24.0 Å². The van der Waals surface area contributed by atoms with E-state index in [0.29, 0.717) is 5.69 Å². The number of carbonyl (C=O) groups is 1. The summed E-state index contributed by atoms with van der Waals surface area (Å²) in [5.74, 6) is 0.332. The van der Waals surface area contributed by atoms with Crippen molar-refractivity contribution in [2.75, 3.05) is 16.2 Å². The van der Waals surface area contributed by atoms with Gasteiger partial charge in [0.2, 0.25) is 5.91 Å². The number of amides is 1. The molecule has 1 aliphatic heterocycles. The Labute approximate surface area is 160 Å². The highest BCUT2D eigenvalue weighted by Gasteiger charge is 2.32. The van der Waals surface area contributed by atoms with Gasteiger partial charge in [-0.3, -0.25) is 9.52 Å². The zero-order valence-corrected chi connectivity index (χ0v) is 16.3. The van der Waals surface area contributed by atoms with Gasteiger partial charge in [0.1, 0.15) is 0 Å². The fourth-order valence-electron chi connectivity index (χ4n) is 3.77. The molecule has 0 bridgehead atoms. The molecule has 1 heterocycles. The van der Waals surface area contributed by atoms with Gasteiger partial charge in [0, 0.05) is 23.8 Å². The first-order valence-corrected chi connectivity index (χ1v) is 11.0. The van der Waals surface area contributed by atoms with Crippen LogP contribution in [-0.4, -0.2) is 20.9 Å². The predicted molar refractivity (Wildman–Crippen MR) is 106 cm³/mol. The number of nitrogens with one attached hydrogen (secondary N) is 1. The molecule has 0 atom stereocenters. The molecule has 1 fully saturated rings. The van der Waals surface area contributed by atoms with Gasteiger partial charge in [-0.25, -0.2) is 8.42 Å². The van der Waals surface area contributed by atoms with Crippen molar-refractivity contribution in [3.05, 3.63) is 53.6 Å². The third-order valence-corrected chi connectivity index (χ3v) is 6.85. The van der Waals surface area contributed by atoms with Crippen LogP contribution in [0.2, 0.25) is 0 Å². The SMILES string of the molecule is Cc1cccc(NS(=O)(=O)c2ccc3c(c2)CCCN3C(=O)C2CCC2)c1. The molecule has 4 rings (SSSR count). The third-order valence-electron chi connectivity index (χ3n) is 5.47. The summed E-state index contributed by atoms with van der Waals surface area (Å²) in [6.07, 6.45) is 4.71. The molecule has 1 N–H and O–H groups in total. The Kier molecular flexibility index (Phi) is 4.68. The lowest BCUT2D eigenvalue weighted by atomic mass is 9.83. The highest BCUT2D eigenvalue weighted by molar-refractivity contribution is 7.92. The average Bonchev–Trinajstić information content (AvgIpc) is 2.58. The molecule has 2 aromatic carbocycles. The second-order valence-corrected chi connectivity index (χ2v) is 9.17. The van der Waals surface area contributed by atoms with E-state index in [4.69, 9.17) is 0 Å². The van der Waals surface area contributed by atoms with Crippen LogP contribution in [0.4, 0.5) is 11.4 Å². The van der Waals surface area contributed by atoms with E-state index in [1.54, 1.807) is 30.3 Å². The van der Waals surface area contributed by atoms with Crippen molar-refractivity contribution in [1.82, 2.24) is 0 Å². The van der Waals surface area contributed by atoms with Gasteiger partial charge in [0.25, 0.3) is 10.0 Å². The Morgan fingerprint density at radius 1 is 1.11 bits per heavy atom. The number of carbonyl (C=O) groups excluding carboxylic acids is 1. The third kappa shape index (κ3) is 3.58. The van der Waals surface area contributed by atoms with E-state index in [0.717, 1.165) is 55.5 Å². The quantitative estimate of drug-likeness (QED) is 0.870. The first-order valence-electron chi connectivity index (χ1n) is 9.48. The van der Waals surface area contributed by atoms with Gasteiger partial charge in [0.05, 0.1) is 4.90 Å². The van der Waals surface area contributed by atoms with Crippen molar-refractivity contribution in [3.63, 3.8) is 0 Å². The number of sulfonamides is 1. The second-order valence-electron chi connectivity index (χ2n) is 7.49. The molecular weight excluding hydrogens is 360 g/mol. The number of anilines is 2. The molecule has 0 aromatic heterocycles. The minimum absolute atomic E-state index is 0.141. The van der Waals surface area contributed by atoms with Crippen LogP contribution in [0.25, 0.3) is 0 Å². The average molecular weight is 385 g/mol. The zero-order chi connectivity index (χ0) is 19.0. The summed E-state index contributed by atoms with van der Waals surface area (Å²) >= 11 is 0. The molecule has 2 aliphatic rings. The Bertz CT molecular complexity index is 981. The van der Waals surface area contributed by atoms with Crippen LogP contribution in [0.3, 0.4) is 0 Å². The van der Waals surface area contributed by atoms with Gasteiger partial charge in [-0.05, 0) is 74.1 Å². The Morgan fingerprint density at radius 2 is 1.93 bits per heavy atom. The molecule has 0 unspecified atom stereocenters. The summed E-state index contributed by atoms with van der Waals surface area (Å²) in [7, 11) is -3.66. The summed E-state index contributed by atoms with van der Waals surface area (Å²) < 4.78 is 28.2. The first kappa shape index (κ1) is 18.0. The van der Waals surface area contributed by atoms with Gasteiger partial charge in [0.15, 0.2) is 0 Å². The van der Waals surface area contributed by atoms with Crippen LogP contribution >= 0.6 is 0 Å². The Hall–Kier alpha value is -2.34.